The molecule has 3 aromatic rings. The van der Waals surface area contributed by atoms with Crippen molar-refractivity contribution >= 4 is 34.3 Å². The number of piperidine rings is 1. The summed E-state index contributed by atoms with van der Waals surface area (Å²) < 4.78 is 28.7. The number of benzene rings is 2. The SMILES string of the molecule is COc1ccc(-c2ccc(N(C(C(=O)O)C3CCN(Cc4nccs4)CC3)S(=O)O)cc2)cc1. The molecule has 10 heteroatoms. The Bertz CT molecular complexity index is 1100. The van der Waals surface area contributed by atoms with Gasteiger partial charge < -0.3 is 9.84 Å². The number of aromatic nitrogens is 1. The van der Waals surface area contributed by atoms with E-state index < -0.39 is 23.3 Å². The second-order valence-corrected chi connectivity index (χ2v) is 9.99. The highest BCUT2D eigenvalue weighted by molar-refractivity contribution is 7.80. The lowest BCUT2D eigenvalue weighted by molar-refractivity contribution is -0.140. The van der Waals surface area contributed by atoms with E-state index in [4.69, 9.17) is 4.74 Å². The predicted octanol–water partition coefficient (Wildman–Crippen LogP) is 4.13. The highest BCUT2D eigenvalue weighted by Crippen LogP contribution is 2.32. The summed E-state index contributed by atoms with van der Waals surface area (Å²) in [6.07, 6.45) is 3.03. The Balaban J connectivity index is 1.50. The molecular formula is C24H27N3O5S2. The van der Waals surface area contributed by atoms with Crippen molar-refractivity contribution in [3.63, 3.8) is 0 Å². The summed E-state index contributed by atoms with van der Waals surface area (Å²) in [7, 11) is 1.61. The highest BCUT2D eigenvalue weighted by atomic mass is 32.2. The molecule has 0 radical (unpaired) electrons. The van der Waals surface area contributed by atoms with Gasteiger partial charge in [0.2, 0.25) is 0 Å². The summed E-state index contributed by atoms with van der Waals surface area (Å²) in [6.45, 7) is 2.18. The molecule has 1 fully saturated rings. The van der Waals surface area contributed by atoms with Crippen LogP contribution in [0.5, 0.6) is 5.75 Å². The molecular weight excluding hydrogens is 474 g/mol. The lowest BCUT2D eigenvalue weighted by Gasteiger charge is -2.38. The number of carboxylic acids is 1. The Hall–Kier alpha value is -2.79. The number of carboxylic acid groups (broad SMARTS) is 1. The minimum absolute atomic E-state index is 0.248. The fourth-order valence-corrected chi connectivity index (χ4v) is 5.79. The van der Waals surface area contributed by atoms with E-state index in [1.807, 2.05) is 41.8 Å². The third-order valence-corrected chi connectivity index (χ3v) is 7.68. The molecule has 1 aromatic heterocycles. The van der Waals surface area contributed by atoms with Gasteiger partial charge in [0, 0.05) is 11.6 Å². The molecule has 1 aliphatic heterocycles. The first kappa shape index (κ1) is 24.3. The Labute approximate surface area is 205 Å². The summed E-state index contributed by atoms with van der Waals surface area (Å²) in [4.78, 5) is 18.8. The molecule has 0 spiro atoms. The molecule has 0 aliphatic carbocycles. The van der Waals surface area contributed by atoms with Gasteiger partial charge in [-0.1, -0.05) is 24.3 Å². The summed E-state index contributed by atoms with van der Waals surface area (Å²) in [6, 6.07) is 13.5. The third kappa shape index (κ3) is 5.64. The van der Waals surface area contributed by atoms with Gasteiger partial charge in [0.05, 0.1) is 19.3 Å². The van der Waals surface area contributed by atoms with Gasteiger partial charge >= 0.3 is 5.97 Å². The van der Waals surface area contributed by atoms with E-state index >= 15 is 0 Å². The lowest BCUT2D eigenvalue weighted by Crippen LogP contribution is -2.50. The molecule has 0 bridgehead atoms. The number of hydrogen-bond donors (Lipinski definition) is 2. The number of methoxy groups -OCH3 is 1. The van der Waals surface area contributed by atoms with Crippen LogP contribution in [0.3, 0.4) is 0 Å². The van der Waals surface area contributed by atoms with Gasteiger partial charge in [-0.25, -0.2) is 14.0 Å². The zero-order chi connectivity index (χ0) is 24.1. The number of anilines is 1. The minimum Gasteiger partial charge on any atom is -0.497 e. The molecule has 1 aliphatic rings. The Morgan fingerprint density at radius 3 is 2.29 bits per heavy atom. The molecule has 2 unspecified atom stereocenters. The quantitative estimate of drug-likeness (QED) is 0.425. The van der Waals surface area contributed by atoms with Crippen LogP contribution in [0, 0.1) is 5.92 Å². The van der Waals surface area contributed by atoms with Gasteiger partial charge in [0.15, 0.2) is 0 Å². The van der Waals surface area contributed by atoms with Crippen molar-refractivity contribution in [3.8, 4) is 16.9 Å². The topological polar surface area (TPSA) is 103 Å². The van der Waals surface area contributed by atoms with Crippen LogP contribution in [0.2, 0.25) is 0 Å². The summed E-state index contributed by atoms with van der Waals surface area (Å²) in [5.74, 6) is -0.591. The first-order chi connectivity index (χ1) is 16.5. The van der Waals surface area contributed by atoms with Crippen molar-refractivity contribution in [2.45, 2.75) is 25.4 Å². The van der Waals surface area contributed by atoms with Crippen molar-refractivity contribution in [2.75, 3.05) is 24.5 Å². The number of carbonyl (C=O) groups is 1. The van der Waals surface area contributed by atoms with Crippen LogP contribution in [-0.4, -0.2) is 56.0 Å². The molecule has 1 saturated heterocycles. The van der Waals surface area contributed by atoms with Gasteiger partial charge in [-0.05, 0) is 67.2 Å². The van der Waals surface area contributed by atoms with Crippen molar-refractivity contribution < 1.29 is 23.4 Å². The van der Waals surface area contributed by atoms with Gasteiger partial charge in [0.25, 0.3) is 11.3 Å². The number of aliphatic carboxylic acids is 1. The number of ether oxygens (including phenoxy) is 1. The molecule has 4 rings (SSSR count). The summed E-state index contributed by atoms with van der Waals surface area (Å²) in [5, 5.41) is 13.0. The van der Waals surface area contributed by atoms with E-state index in [9.17, 15) is 18.7 Å². The fourth-order valence-electron chi connectivity index (χ4n) is 4.37. The smallest absolute Gasteiger partial charge is 0.327 e. The van der Waals surface area contributed by atoms with Crippen LogP contribution >= 0.6 is 11.3 Å². The summed E-state index contributed by atoms with van der Waals surface area (Å²) in [5.41, 5.74) is 2.28. The zero-order valence-electron chi connectivity index (χ0n) is 18.7. The molecule has 0 amide bonds. The molecule has 8 nitrogen and oxygen atoms in total. The van der Waals surface area contributed by atoms with Crippen molar-refractivity contribution in [3.05, 3.63) is 65.1 Å². The van der Waals surface area contributed by atoms with E-state index in [1.165, 1.54) is 0 Å². The van der Waals surface area contributed by atoms with E-state index in [0.717, 1.165) is 45.8 Å². The van der Waals surface area contributed by atoms with Crippen LogP contribution in [0.25, 0.3) is 11.1 Å². The maximum absolute atomic E-state index is 12.3. The second kappa shape index (κ2) is 11.1. The predicted molar refractivity (Wildman–Crippen MR) is 133 cm³/mol. The van der Waals surface area contributed by atoms with E-state index in [-0.39, 0.29) is 5.92 Å². The third-order valence-electron chi connectivity index (χ3n) is 6.14. The van der Waals surface area contributed by atoms with Crippen LogP contribution in [0.4, 0.5) is 5.69 Å². The van der Waals surface area contributed by atoms with Gasteiger partial charge in [-0.3, -0.25) is 13.8 Å². The molecule has 2 N–H and O–H groups in total. The first-order valence-corrected chi connectivity index (χ1v) is 12.9. The number of hydrogen-bond acceptors (Lipinski definition) is 6. The number of rotatable bonds is 9. The van der Waals surface area contributed by atoms with Crippen LogP contribution < -0.4 is 9.04 Å². The normalized spacial score (nSPS) is 16.6. The average Bonchev–Trinajstić information content (AvgIpc) is 3.36. The minimum atomic E-state index is -2.48. The monoisotopic (exact) mass is 501 g/mol. The Kier molecular flexibility index (Phi) is 7.94. The van der Waals surface area contributed by atoms with E-state index in [2.05, 4.69) is 9.88 Å². The number of likely N-dealkylation sites (tertiary alicyclic amines) is 1. The maximum Gasteiger partial charge on any atom is 0.327 e. The van der Waals surface area contributed by atoms with Crippen molar-refractivity contribution in [1.82, 2.24) is 9.88 Å². The molecule has 2 atom stereocenters. The second-order valence-electron chi connectivity index (χ2n) is 8.15. The van der Waals surface area contributed by atoms with Crippen LogP contribution in [0.15, 0.2) is 60.1 Å². The van der Waals surface area contributed by atoms with Crippen molar-refractivity contribution in [2.24, 2.45) is 5.92 Å². The average molecular weight is 502 g/mol. The van der Waals surface area contributed by atoms with Gasteiger partial charge in [-0.15, -0.1) is 11.3 Å². The molecule has 0 saturated carbocycles. The van der Waals surface area contributed by atoms with Crippen molar-refractivity contribution in [1.29, 1.82) is 0 Å². The Morgan fingerprint density at radius 2 is 1.79 bits per heavy atom. The van der Waals surface area contributed by atoms with Gasteiger partial charge in [0.1, 0.15) is 16.8 Å². The standard InChI is InChI=1S/C24H27N3O5S2/c1-32-21-8-4-18(5-9-21)17-2-6-20(7-3-17)27(34(30)31)23(24(28)29)19-10-13-26(14-11-19)16-22-25-12-15-33-22/h2-9,12,15,19,23H,10-11,13-14,16H2,1H3,(H,28,29)(H,30,31). The molecule has 2 aromatic carbocycles. The zero-order valence-corrected chi connectivity index (χ0v) is 20.4. The largest absolute Gasteiger partial charge is 0.497 e. The number of nitrogens with zero attached hydrogens (tertiary/aromatic N) is 3. The maximum atomic E-state index is 12.3. The highest BCUT2D eigenvalue weighted by Gasteiger charge is 2.38. The lowest BCUT2D eigenvalue weighted by atomic mass is 9.89. The molecule has 2 heterocycles. The van der Waals surface area contributed by atoms with Crippen LogP contribution in [0.1, 0.15) is 17.8 Å². The Morgan fingerprint density at radius 1 is 1.18 bits per heavy atom. The number of thiazole rings is 1. The van der Waals surface area contributed by atoms with Gasteiger partial charge in [-0.2, -0.15) is 0 Å². The fraction of sp³-hybridized carbons (Fsp3) is 0.333. The summed E-state index contributed by atoms with van der Waals surface area (Å²) >= 11 is -0.882. The molecule has 34 heavy (non-hydrogen) atoms. The molecule has 180 valence electrons. The first-order valence-electron chi connectivity index (χ1n) is 10.9. The van der Waals surface area contributed by atoms with E-state index in [1.54, 1.807) is 36.8 Å². The van der Waals surface area contributed by atoms with Crippen LogP contribution in [-0.2, 0) is 22.6 Å². The van der Waals surface area contributed by atoms with E-state index in [0.29, 0.717) is 18.5 Å².